The number of hydrogen-bond acceptors (Lipinski definition) is 7. The van der Waals surface area contributed by atoms with Gasteiger partial charge in [0.2, 0.25) is 0 Å². The topological polar surface area (TPSA) is 153 Å². The van der Waals surface area contributed by atoms with Gasteiger partial charge in [0.1, 0.15) is 0 Å². The average Bonchev–Trinajstić information content (AvgIpc) is 4.02. The van der Waals surface area contributed by atoms with Crippen LogP contribution in [-0.4, -0.2) is 41.6 Å². The summed E-state index contributed by atoms with van der Waals surface area (Å²) in [6.07, 6.45) is 45.8. The smallest absolute Gasteiger partial charge is 0.380 e. The zero-order valence-electron chi connectivity index (χ0n) is 39.6. The van der Waals surface area contributed by atoms with Crippen LogP contribution in [0.3, 0.4) is 0 Å². The zero-order chi connectivity index (χ0) is 45.0. The minimum Gasteiger partial charge on any atom is -0.475 e. The lowest BCUT2D eigenvalue weighted by molar-refractivity contribution is -0.132. The minimum absolute atomic E-state index is 0.114. The highest BCUT2D eigenvalue weighted by atomic mass is 16.4. The van der Waals surface area contributed by atoms with Crippen LogP contribution >= 0.6 is 0 Å². The summed E-state index contributed by atoms with van der Waals surface area (Å²) in [5.41, 5.74) is 5.93. The molecule has 2 heterocycles. The highest BCUT2D eigenvalue weighted by molar-refractivity contribution is 6.42. The maximum atomic E-state index is 12.2. The molecule has 1 amide bonds. The maximum absolute atomic E-state index is 12.2. The van der Waals surface area contributed by atoms with E-state index >= 15 is 0 Å². The lowest BCUT2D eigenvalue weighted by atomic mass is 9.94. The SMILES string of the molecule is CCCCCCCCCCC(CCCCCCCC)CNC(=O)C(=O)c1ccco1.CCCCCCCCCCC(CN)CCCCCCCC.O=C(O)C(=O)c1ccco1. The van der Waals surface area contributed by atoms with Crippen LogP contribution in [0.25, 0.3) is 0 Å². The number of hydrogen-bond donors (Lipinski definition) is 3. The number of ketones is 2. The molecule has 0 aromatic carbocycles. The second-order valence-corrected chi connectivity index (χ2v) is 17.2. The van der Waals surface area contributed by atoms with Crippen molar-refractivity contribution in [1.82, 2.24) is 5.32 Å². The molecule has 0 bridgehead atoms. The molecule has 352 valence electrons. The quantitative estimate of drug-likeness (QED) is 0.0341. The van der Waals surface area contributed by atoms with E-state index in [4.69, 9.17) is 15.3 Å². The summed E-state index contributed by atoms with van der Waals surface area (Å²) in [6.45, 7) is 10.6. The third-order valence-corrected chi connectivity index (χ3v) is 11.6. The van der Waals surface area contributed by atoms with Crippen molar-refractivity contribution in [2.75, 3.05) is 13.1 Å². The number of carbonyl (C=O) groups excluding carboxylic acids is 3. The van der Waals surface area contributed by atoms with Gasteiger partial charge in [0.05, 0.1) is 12.5 Å². The van der Waals surface area contributed by atoms with Gasteiger partial charge in [0, 0.05) is 6.54 Å². The van der Waals surface area contributed by atoms with Gasteiger partial charge >= 0.3 is 11.8 Å². The van der Waals surface area contributed by atoms with Gasteiger partial charge in [-0.05, 0) is 68.3 Å². The van der Waals surface area contributed by atoms with Gasteiger partial charge < -0.3 is 25.0 Å². The van der Waals surface area contributed by atoms with Crippen LogP contribution in [0.4, 0.5) is 0 Å². The molecule has 2 unspecified atom stereocenters. The first kappa shape index (κ1) is 57.8. The van der Waals surface area contributed by atoms with E-state index < -0.39 is 23.4 Å². The molecule has 0 fully saturated rings. The van der Waals surface area contributed by atoms with Crippen molar-refractivity contribution in [3.8, 4) is 0 Å². The number of aliphatic carboxylic acids is 1. The monoisotopic (exact) mass is 857 g/mol. The highest BCUT2D eigenvalue weighted by Gasteiger charge is 2.20. The molecule has 0 spiro atoms. The van der Waals surface area contributed by atoms with Gasteiger partial charge in [-0.3, -0.25) is 14.4 Å². The molecule has 2 atom stereocenters. The molecule has 2 aromatic heterocycles. The number of carboxylic acid groups (broad SMARTS) is 1. The number of rotatable bonds is 39. The van der Waals surface area contributed by atoms with Gasteiger partial charge in [-0.25, -0.2) is 4.79 Å². The fourth-order valence-electron chi connectivity index (χ4n) is 7.64. The van der Waals surface area contributed by atoms with Crippen molar-refractivity contribution in [2.24, 2.45) is 17.6 Å². The Labute approximate surface area is 372 Å². The largest absolute Gasteiger partial charge is 0.475 e. The molecule has 61 heavy (non-hydrogen) atoms. The van der Waals surface area contributed by atoms with Crippen LogP contribution in [0, 0.1) is 11.8 Å². The first-order chi connectivity index (χ1) is 29.7. The zero-order valence-corrected chi connectivity index (χ0v) is 39.6. The van der Waals surface area contributed by atoms with E-state index in [1.54, 1.807) is 6.07 Å². The molecule has 0 saturated heterocycles. The lowest BCUT2D eigenvalue weighted by Gasteiger charge is -2.17. The second kappa shape index (κ2) is 43.4. The Kier molecular flexibility index (Phi) is 41.2. The second-order valence-electron chi connectivity index (χ2n) is 17.2. The molecule has 4 N–H and O–H groups in total. The Balaban J connectivity index is 0.000000998. The Morgan fingerprint density at radius 1 is 0.492 bits per heavy atom. The first-order valence-electron chi connectivity index (χ1n) is 25.1. The summed E-state index contributed by atoms with van der Waals surface area (Å²) in [4.78, 5) is 44.8. The number of Topliss-reactive ketones (excluding diaryl/α,β-unsaturated/α-hetero) is 2. The Morgan fingerprint density at radius 3 is 1.10 bits per heavy atom. The van der Waals surface area contributed by atoms with Crippen molar-refractivity contribution < 1.29 is 33.1 Å². The molecule has 9 heteroatoms. The van der Waals surface area contributed by atoms with Crippen LogP contribution in [0.2, 0.25) is 0 Å². The van der Waals surface area contributed by atoms with Crippen LogP contribution in [0.1, 0.15) is 254 Å². The molecule has 2 aromatic rings. The van der Waals surface area contributed by atoms with Crippen LogP contribution in [-0.2, 0) is 9.59 Å². The van der Waals surface area contributed by atoms with Gasteiger partial charge in [-0.1, -0.05) is 207 Å². The van der Waals surface area contributed by atoms with Crippen molar-refractivity contribution in [2.45, 2.75) is 233 Å². The molecule has 2 rings (SSSR count). The number of nitrogens with two attached hydrogens (primary N) is 1. The number of unbranched alkanes of at least 4 members (excludes halogenated alkanes) is 24. The van der Waals surface area contributed by atoms with Gasteiger partial charge in [-0.15, -0.1) is 0 Å². The summed E-state index contributed by atoms with van der Waals surface area (Å²) in [5.74, 6) is -2.42. The Bertz CT molecular complexity index is 1260. The third-order valence-electron chi connectivity index (χ3n) is 11.6. The lowest BCUT2D eigenvalue weighted by Crippen LogP contribution is -2.34. The van der Waals surface area contributed by atoms with Crippen LogP contribution in [0.5, 0.6) is 0 Å². The van der Waals surface area contributed by atoms with E-state index in [1.807, 2.05) is 0 Å². The summed E-state index contributed by atoms with van der Waals surface area (Å²) in [7, 11) is 0. The van der Waals surface area contributed by atoms with E-state index in [9.17, 15) is 19.2 Å². The molecule has 0 aliphatic heterocycles. The van der Waals surface area contributed by atoms with Crippen LogP contribution in [0.15, 0.2) is 45.6 Å². The molecular formula is C52H92N2O7. The number of carbonyl (C=O) groups is 4. The standard InChI is InChI=1S/C26H45NO3.C20H43N.C6H4O4/c1-3-5-7-9-11-12-14-16-19-23(18-15-13-10-8-6-4-2)22-27-26(29)25(28)24-20-17-21-30-24;1-3-5-7-9-11-12-14-16-18-20(19-21)17-15-13-10-8-6-4-2;7-5(6(8)9)4-2-1-3-10-4/h17,20-21,23H,3-16,18-19,22H2,1-2H3,(H,27,29);20H,3-19,21H2,1-2H3;1-3H,(H,8,9). The predicted molar refractivity (Wildman–Crippen MR) is 253 cm³/mol. The van der Waals surface area contributed by atoms with Gasteiger partial charge in [-0.2, -0.15) is 0 Å². The molecule has 0 aliphatic carbocycles. The summed E-state index contributed by atoms with van der Waals surface area (Å²) in [6, 6.07) is 5.92. The van der Waals surface area contributed by atoms with Gasteiger partial charge in [0.25, 0.3) is 11.7 Å². The van der Waals surface area contributed by atoms with E-state index in [-0.39, 0.29) is 11.5 Å². The fourth-order valence-corrected chi connectivity index (χ4v) is 7.64. The van der Waals surface area contributed by atoms with Crippen molar-refractivity contribution in [3.63, 3.8) is 0 Å². The molecule has 0 saturated carbocycles. The third kappa shape index (κ3) is 35.0. The summed E-state index contributed by atoms with van der Waals surface area (Å²) < 4.78 is 9.58. The van der Waals surface area contributed by atoms with Crippen molar-refractivity contribution >= 4 is 23.4 Å². The van der Waals surface area contributed by atoms with Crippen molar-refractivity contribution in [3.05, 3.63) is 48.3 Å². The van der Waals surface area contributed by atoms with E-state index in [2.05, 4.69) is 37.4 Å². The number of nitrogens with one attached hydrogen (secondary N) is 1. The molecular weight excluding hydrogens is 765 g/mol. The van der Waals surface area contributed by atoms with Crippen LogP contribution < -0.4 is 11.1 Å². The Hall–Kier alpha value is -3.20. The molecule has 0 aliphatic rings. The van der Waals surface area contributed by atoms with Gasteiger partial charge in [0.15, 0.2) is 11.5 Å². The van der Waals surface area contributed by atoms with E-state index in [0.717, 1.165) is 25.3 Å². The normalized spacial score (nSPS) is 11.8. The molecule has 0 radical (unpaired) electrons. The van der Waals surface area contributed by atoms with E-state index in [0.29, 0.717) is 12.5 Å². The average molecular weight is 857 g/mol. The Morgan fingerprint density at radius 2 is 0.803 bits per heavy atom. The predicted octanol–water partition coefficient (Wildman–Crippen LogP) is 14.9. The minimum atomic E-state index is -1.50. The maximum Gasteiger partial charge on any atom is 0.380 e. The number of furan rings is 2. The number of carboxylic acids is 1. The summed E-state index contributed by atoms with van der Waals surface area (Å²) in [5, 5.41) is 11.0. The fraction of sp³-hybridized carbons (Fsp3) is 0.769. The van der Waals surface area contributed by atoms with Crippen molar-refractivity contribution in [1.29, 1.82) is 0 Å². The first-order valence-corrected chi connectivity index (χ1v) is 25.1. The summed E-state index contributed by atoms with van der Waals surface area (Å²) >= 11 is 0. The molecule has 9 nitrogen and oxygen atoms in total. The highest BCUT2D eigenvalue weighted by Crippen LogP contribution is 2.20. The number of amides is 1. The van der Waals surface area contributed by atoms with E-state index in [1.165, 1.54) is 223 Å².